The second kappa shape index (κ2) is 5.62. The molecule has 0 aliphatic carbocycles. The van der Waals surface area contributed by atoms with E-state index in [1.807, 2.05) is 11.4 Å². The van der Waals surface area contributed by atoms with Crippen LogP contribution in [-0.2, 0) is 11.2 Å². The highest BCUT2D eigenvalue weighted by atomic mass is 79.9. The second-order valence-corrected chi connectivity index (χ2v) is 5.76. The van der Waals surface area contributed by atoms with Crippen LogP contribution in [0, 0.1) is 0 Å². The highest BCUT2D eigenvalue weighted by Crippen LogP contribution is 2.27. The number of hydrogen-bond donors (Lipinski definition) is 0. The molecule has 0 aliphatic rings. The number of hydrogen-bond acceptors (Lipinski definition) is 5. The third-order valence-corrected chi connectivity index (χ3v) is 3.99. The van der Waals surface area contributed by atoms with Gasteiger partial charge in [0.25, 0.3) is 0 Å². The van der Waals surface area contributed by atoms with Gasteiger partial charge in [-0.15, -0.1) is 11.3 Å². The molecule has 2 aromatic rings. The fraction of sp³-hybridized carbons (Fsp3) is 0.364. The van der Waals surface area contributed by atoms with Crippen molar-refractivity contribution < 1.29 is 9.32 Å². The van der Waals surface area contributed by atoms with Gasteiger partial charge in [-0.05, 0) is 22.0 Å². The average Bonchev–Trinajstić information content (AvgIpc) is 2.94. The topological polar surface area (TPSA) is 59.2 Å². The molecule has 2 rings (SSSR count). The maximum Gasteiger partial charge on any atom is 0.227 e. The summed E-state index contributed by atoms with van der Waals surface area (Å²) in [5.74, 6) is 1.11. The summed E-state index contributed by atoms with van der Waals surface area (Å²) in [5.41, 5.74) is 0. The molecule has 7 heteroatoms. The minimum Gasteiger partial charge on any atom is -0.349 e. The molecule has 0 unspecified atom stereocenters. The summed E-state index contributed by atoms with van der Waals surface area (Å²) in [6.07, 6.45) is 0.847. The minimum absolute atomic E-state index is 0.0496. The van der Waals surface area contributed by atoms with Gasteiger partial charge in [0.2, 0.25) is 17.6 Å². The lowest BCUT2D eigenvalue weighted by molar-refractivity contribution is -0.128. The standard InChI is InChI=1S/C11H12BrN3O2S/c1-15(2)10(16)4-3-9-13-11(14-17-9)8-5-7(12)6-18-8/h5-6H,3-4H2,1-2H3. The van der Waals surface area contributed by atoms with Crippen LogP contribution in [0.4, 0.5) is 0 Å². The van der Waals surface area contributed by atoms with Crippen molar-refractivity contribution >= 4 is 33.2 Å². The van der Waals surface area contributed by atoms with Crippen LogP contribution in [0.15, 0.2) is 20.4 Å². The number of amides is 1. The quantitative estimate of drug-likeness (QED) is 0.865. The number of halogens is 1. The minimum atomic E-state index is 0.0496. The maximum atomic E-state index is 11.4. The van der Waals surface area contributed by atoms with Gasteiger partial charge < -0.3 is 9.42 Å². The lowest BCUT2D eigenvalue weighted by Crippen LogP contribution is -2.21. The fourth-order valence-corrected chi connectivity index (χ4v) is 2.68. The highest BCUT2D eigenvalue weighted by molar-refractivity contribution is 9.10. The van der Waals surface area contributed by atoms with Crippen LogP contribution < -0.4 is 0 Å². The predicted molar refractivity (Wildman–Crippen MR) is 72.3 cm³/mol. The first-order chi connectivity index (χ1) is 8.56. The molecule has 0 atom stereocenters. The van der Waals surface area contributed by atoms with Gasteiger partial charge >= 0.3 is 0 Å². The lowest BCUT2D eigenvalue weighted by atomic mass is 10.3. The molecular weight excluding hydrogens is 318 g/mol. The molecule has 0 saturated heterocycles. The largest absolute Gasteiger partial charge is 0.349 e. The van der Waals surface area contributed by atoms with Gasteiger partial charge in [-0.25, -0.2) is 0 Å². The van der Waals surface area contributed by atoms with Crippen molar-refractivity contribution in [2.24, 2.45) is 0 Å². The van der Waals surface area contributed by atoms with E-state index in [1.54, 1.807) is 19.0 Å². The van der Waals surface area contributed by atoms with Crippen molar-refractivity contribution in [3.05, 3.63) is 21.8 Å². The molecule has 18 heavy (non-hydrogen) atoms. The molecule has 1 amide bonds. The Kier molecular flexibility index (Phi) is 4.13. The van der Waals surface area contributed by atoms with Crippen molar-refractivity contribution in [2.75, 3.05) is 14.1 Å². The molecule has 2 heterocycles. The van der Waals surface area contributed by atoms with Crippen LogP contribution >= 0.6 is 27.3 Å². The molecule has 0 bridgehead atoms. The van der Waals surface area contributed by atoms with Crippen LogP contribution in [0.2, 0.25) is 0 Å². The number of carbonyl (C=O) groups excluding carboxylic acids is 1. The van der Waals surface area contributed by atoms with Crippen molar-refractivity contribution in [1.82, 2.24) is 15.0 Å². The molecule has 5 nitrogen and oxygen atoms in total. The number of thiophene rings is 1. The number of rotatable bonds is 4. The van der Waals surface area contributed by atoms with Gasteiger partial charge in [-0.3, -0.25) is 4.79 Å². The molecule has 0 radical (unpaired) electrons. The molecule has 2 aromatic heterocycles. The molecule has 0 spiro atoms. The van der Waals surface area contributed by atoms with Gasteiger partial charge in [0.1, 0.15) is 0 Å². The van der Waals surface area contributed by atoms with Gasteiger partial charge in [0, 0.05) is 36.8 Å². The van der Waals surface area contributed by atoms with Crippen LogP contribution in [0.25, 0.3) is 10.7 Å². The zero-order valence-electron chi connectivity index (χ0n) is 10.0. The van der Waals surface area contributed by atoms with E-state index in [1.165, 1.54) is 11.3 Å². The summed E-state index contributed by atoms with van der Waals surface area (Å²) in [7, 11) is 3.45. The van der Waals surface area contributed by atoms with E-state index in [4.69, 9.17) is 4.52 Å². The fourth-order valence-electron chi connectivity index (χ4n) is 1.32. The van der Waals surface area contributed by atoms with Crippen LogP contribution in [0.3, 0.4) is 0 Å². The summed E-state index contributed by atoms with van der Waals surface area (Å²) in [4.78, 5) is 18.2. The maximum absolute atomic E-state index is 11.4. The molecular formula is C11H12BrN3O2S. The third kappa shape index (κ3) is 3.17. The van der Waals surface area contributed by atoms with E-state index in [0.717, 1.165) is 9.35 Å². The Bertz CT molecular complexity index is 550. The first-order valence-corrected chi connectivity index (χ1v) is 7.00. The molecule has 0 aliphatic heterocycles. The molecule has 0 saturated carbocycles. The molecule has 0 fully saturated rings. The van der Waals surface area contributed by atoms with Gasteiger partial charge in [-0.1, -0.05) is 5.16 Å². The number of nitrogens with zero attached hydrogens (tertiary/aromatic N) is 3. The monoisotopic (exact) mass is 329 g/mol. The van der Waals surface area contributed by atoms with Crippen molar-refractivity contribution in [1.29, 1.82) is 0 Å². The highest BCUT2D eigenvalue weighted by Gasteiger charge is 2.12. The number of aromatic nitrogens is 2. The van der Waals surface area contributed by atoms with E-state index in [0.29, 0.717) is 24.6 Å². The third-order valence-electron chi connectivity index (χ3n) is 2.31. The molecule has 0 aromatic carbocycles. The Hall–Kier alpha value is -1.21. The summed E-state index contributed by atoms with van der Waals surface area (Å²) in [5, 5.41) is 5.86. The van der Waals surface area contributed by atoms with Gasteiger partial charge in [-0.2, -0.15) is 4.98 Å². The Morgan fingerprint density at radius 1 is 1.56 bits per heavy atom. The smallest absolute Gasteiger partial charge is 0.227 e. The van der Waals surface area contributed by atoms with Crippen molar-refractivity contribution in [3.63, 3.8) is 0 Å². The first-order valence-electron chi connectivity index (χ1n) is 5.33. The number of aryl methyl sites for hydroxylation is 1. The average molecular weight is 330 g/mol. The summed E-state index contributed by atoms with van der Waals surface area (Å²) in [6, 6.07) is 1.93. The van der Waals surface area contributed by atoms with Crippen molar-refractivity contribution in [2.45, 2.75) is 12.8 Å². The summed E-state index contributed by atoms with van der Waals surface area (Å²) >= 11 is 4.91. The Balaban J connectivity index is 2.00. The Morgan fingerprint density at radius 3 is 2.94 bits per heavy atom. The van der Waals surface area contributed by atoms with Crippen LogP contribution in [-0.4, -0.2) is 35.0 Å². The van der Waals surface area contributed by atoms with E-state index < -0.39 is 0 Å². The molecule has 0 N–H and O–H groups in total. The van der Waals surface area contributed by atoms with Crippen molar-refractivity contribution in [3.8, 4) is 10.7 Å². The van der Waals surface area contributed by atoms with E-state index in [-0.39, 0.29) is 5.91 Å². The number of carbonyl (C=O) groups is 1. The van der Waals surface area contributed by atoms with E-state index >= 15 is 0 Å². The van der Waals surface area contributed by atoms with E-state index in [2.05, 4.69) is 26.1 Å². The van der Waals surface area contributed by atoms with Gasteiger partial charge in [0.05, 0.1) is 4.88 Å². The SMILES string of the molecule is CN(C)C(=O)CCc1nc(-c2cc(Br)cs2)no1. The zero-order valence-corrected chi connectivity index (χ0v) is 12.4. The Morgan fingerprint density at radius 2 is 2.33 bits per heavy atom. The summed E-state index contributed by atoms with van der Waals surface area (Å²) < 4.78 is 6.11. The normalized spacial score (nSPS) is 10.6. The Labute approximate surface area is 117 Å². The zero-order chi connectivity index (χ0) is 13.1. The predicted octanol–water partition coefficient (Wildman–Crippen LogP) is 2.58. The first kappa shape index (κ1) is 13.2. The summed E-state index contributed by atoms with van der Waals surface area (Å²) in [6.45, 7) is 0. The molecule has 96 valence electrons. The van der Waals surface area contributed by atoms with Crippen LogP contribution in [0.1, 0.15) is 12.3 Å². The van der Waals surface area contributed by atoms with E-state index in [9.17, 15) is 4.79 Å². The lowest BCUT2D eigenvalue weighted by Gasteiger charge is -2.07. The second-order valence-electron chi connectivity index (χ2n) is 3.93. The van der Waals surface area contributed by atoms with Gasteiger partial charge in [0.15, 0.2) is 0 Å². The van der Waals surface area contributed by atoms with Crippen LogP contribution in [0.5, 0.6) is 0 Å².